The van der Waals surface area contributed by atoms with Crippen LogP contribution in [0.1, 0.15) is 21.5 Å². The normalized spacial score (nSPS) is 9.73. The van der Waals surface area contributed by atoms with Gasteiger partial charge in [0, 0.05) is 0 Å². The van der Waals surface area contributed by atoms with Crippen molar-refractivity contribution >= 4 is 25.0 Å². The number of rotatable bonds is 4. The molecule has 1 aromatic carbocycles. The summed E-state index contributed by atoms with van der Waals surface area (Å²) in [7, 11) is -0.321. The average molecular weight is 206 g/mol. The maximum absolute atomic E-state index is 10.9. The van der Waals surface area contributed by atoms with Crippen molar-refractivity contribution in [3.63, 3.8) is 0 Å². The summed E-state index contributed by atoms with van der Waals surface area (Å²) in [6.45, 7) is 3.26. The Morgan fingerprint density at radius 2 is 2.20 bits per heavy atom. The summed E-state index contributed by atoms with van der Waals surface area (Å²) in [6, 6.07) is 2.88. The van der Waals surface area contributed by atoms with Crippen molar-refractivity contribution in [3.05, 3.63) is 35.4 Å². The summed E-state index contributed by atoms with van der Waals surface area (Å²) in [6.07, 6.45) is 1.37. The second-order valence-electron chi connectivity index (χ2n) is 2.99. The van der Waals surface area contributed by atoms with Gasteiger partial charge in [-0.3, -0.25) is 0 Å². The third-order valence-corrected chi connectivity index (χ3v) is 2.22. The first-order valence-electron chi connectivity index (χ1n) is 4.37. The van der Waals surface area contributed by atoms with Crippen molar-refractivity contribution in [3.8, 4) is 0 Å². The molecule has 0 saturated heterocycles. The van der Waals surface area contributed by atoms with Crippen LogP contribution < -0.4 is 5.46 Å². The van der Waals surface area contributed by atoms with Gasteiger partial charge in [-0.05, 0) is 22.7 Å². The minimum atomic E-state index is -1.08. The minimum Gasteiger partial charge on any atom is -0.478 e. The molecule has 78 valence electrons. The van der Waals surface area contributed by atoms with Crippen LogP contribution in [0.3, 0.4) is 0 Å². The standard InChI is InChI=1S/C10H11BO4/c1-2-7-8(10(13)14)4-3-6(5-12)9(7)11-15/h2-4,11-12,15H,1,5H2,(H,13,14). The lowest BCUT2D eigenvalue weighted by molar-refractivity contribution is 0.0696. The number of hydrogen-bond acceptors (Lipinski definition) is 3. The predicted octanol–water partition coefficient (Wildman–Crippen LogP) is -0.511. The molecule has 0 amide bonds. The molecule has 0 fully saturated rings. The highest BCUT2D eigenvalue weighted by Gasteiger charge is 2.14. The summed E-state index contributed by atoms with van der Waals surface area (Å²) in [4.78, 5) is 10.9. The van der Waals surface area contributed by atoms with Crippen LogP contribution in [0.4, 0.5) is 0 Å². The quantitative estimate of drug-likeness (QED) is 0.579. The molecule has 0 aliphatic heterocycles. The van der Waals surface area contributed by atoms with Gasteiger partial charge in [-0.25, -0.2) is 4.79 Å². The lowest BCUT2D eigenvalue weighted by atomic mass is 9.78. The van der Waals surface area contributed by atoms with E-state index in [-0.39, 0.29) is 19.7 Å². The van der Waals surface area contributed by atoms with E-state index in [1.165, 1.54) is 18.2 Å². The average Bonchev–Trinajstić information content (AvgIpc) is 2.26. The Labute approximate surface area is 87.8 Å². The highest BCUT2D eigenvalue weighted by Crippen LogP contribution is 2.11. The number of carbonyl (C=O) groups is 1. The van der Waals surface area contributed by atoms with Crippen LogP contribution in [0.25, 0.3) is 6.08 Å². The zero-order valence-electron chi connectivity index (χ0n) is 8.10. The molecule has 0 bridgehead atoms. The van der Waals surface area contributed by atoms with Crippen LogP contribution in [0.15, 0.2) is 18.7 Å². The number of aliphatic hydroxyl groups is 1. The summed E-state index contributed by atoms with van der Waals surface area (Å²) in [5.41, 5.74) is 1.35. The molecule has 5 heteroatoms. The number of carboxylic acids is 1. The molecule has 0 radical (unpaired) electrons. The molecule has 1 rings (SSSR count). The molecule has 0 unspecified atom stereocenters. The van der Waals surface area contributed by atoms with Gasteiger partial charge in [-0.15, -0.1) is 0 Å². The van der Waals surface area contributed by atoms with Crippen LogP contribution in [-0.4, -0.2) is 28.7 Å². The van der Waals surface area contributed by atoms with Crippen molar-refractivity contribution < 1.29 is 20.0 Å². The lowest BCUT2D eigenvalue weighted by Crippen LogP contribution is -2.25. The Hall–Kier alpha value is -1.59. The maximum Gasteiger partial charge on any atom is 0.336 e. The number of hydrogen-bond donors (Lipinski definition) is 3. The van der Waals surface area contributed by atoms with Crippen LogP contribution in [0, 0.1) is 0 Å². The summed E-state index contributed by atoms with van der Waals surface area (Å²) >= 11 is 0. The number of aromatic carboxylic acids is 1. The van der Waals surface area contributed by atoms with Crippen molar-refractivity contribution in [2.45, 2.75) is 6.61 Å². The molecule has 0 aliphatic carbocycles. The third-order valence-electron chi connectivity index (χ3n) is 2.22. The van der Waals surface area contributed by atoms with Crippen LogP contribution in [0.5, 0.6) is 0 Å². The zero-order chi connectivity index (χ0) is 11.4. The fourth-order valence-electron chi connectivity index (χ4n) is 1.46. The van der Waals surface area contributed by atoms with E-state index in [1.54, 1.807) is 0 Å². The molecule has 0 saturated carbocycles. The van der Waals surface area contributed by atoms with Gasteiger partial charge in [-0.2, -0.15) is 0 Å². The molecule has 1 aromatic rings. The van der Waals surface area contributed by atoms with Gasteiger partial charge in [0.25, 0.3) is 0 Å². The van der Waals surface area contributed by atoms with E-state index >= 15 is 0 Å². The lowest BCUT2D eigenvalue weighted by Gasteiger charge is -2.10. The largest absolute Gasteiger partial charge is 0.478 e. The highest BCUT2D eigenvalue weighted by molar-refractivity contribution is 6.48. The van der Waals surface area contributed by atoms with E-state index < -0.39 is 5.97 Å². The van der Waals surface area contributed by atoms with Crippen molar-refractivity contribution in [2.24, 2.45) is 0 Å². The predicted molar refractivity (Wildman–Crippen MR) is 58.4 cm³/mol. The molecule has 0 aromatic heterocycles. The van der Waals surface area contributed by atoms with Gasteiger partial charge in [0.2, 0.25) is 0 Å². The van der Waals surface area contributed by atoms with E-state index in [2.05, 4.69) is 6.58 Å². The van der Waals surface area contributed by atoms with Crippen molar-refractivity contribution in [2.75, 3.05) is 0 Å². The highest BCUT2D eigenvalue weighted by atomic mass is 16.4. The van der Waals surface area contributed by atoms with E-state index in [1.807, 2.05) is 0 Å². The Balaban J connectivity index is 3.47. The smallest absolute Gasteiger partial charge is 0.336 e. The molecule has 15 heavy (non-hydrogen) atoms. The Morgan fingerprint density at radius 1 is 1.53 bits per heavy atom. The number of aliphatic hydroxyl groups excluding tert-OH is 1. The van der Waals surface area contributed by atoms with Gasteiger partial charge >= 0.3 is 13.5 Å². The van der Waals surface area contributed by atoms with Gasteiger partial charge in [0.05, 0.1) is 12.2 Å². The van der Waals surface area contributed by atoms with Crippen molar-refractivity contribution in [1.82, 2.24) is 0 Å². The SMILES string of the molecule is C=Cc1c(C(=O)O)ccc(CO)c1BO. The van der Waals surface area contributed by atoms with E-state index in [9.17, 15) is 4.79 Å². The Bertz CT molecular complexity index is 401. The van der Waals surface area contributed by atoms with E-state index in [0.29, 0.717) is 16.6 Å². The van der Waals surface area contributed by atoms with Gasteiger partial charge < -0.3 is 15.2 Å². The minimum absolute atomic E-state index is 0.0752. The van der Waals surface area contributed by atoms with Crippen LogP contribution in [0.2, 0.25) is 0 Å². The first-order chi connectivity index (χ1) is 7.15. The monoisotopic (exact) mass is 206 g/mol. The fourth-order valence-corrected chi connectivity index (χ4v) is 1.46. The number of carboxylic acid groups (broad SMARTS) is 1. The molecular formula is C10H11BO4. The molecule has 3 N–H and O–H groups in total. The fraction of sp³-hybridized carbons (Fsp3) is 0.100. The Kier molecular flexibility index (Phi) is 3.65. The summed E-state index contributed by atoms with van der Waals surface area (Å²) < 4.78 is 0. The third kappa shape index (κ3) is 2.08. The van der Waals surface area contributed by atoms with E-state index in [0.717, 1.165) is 0 Å². The van der Waals surface area contributed by atoms with Crippen molar-refractivity contribution in [1.29, 1.82) is 0 Å². The second kappa shape index (κ2) is 4.77. The first kappa shape index (κ1) is 11.5. The molecule has 0 heterocycles. The van der Waals surface area contributed by atoms with Gasteiger partial charge in [-0.1, -0.05) is 18.7 Å². The van der Waals surface area contributed by atoms with E-state index in [4.69, 9.17) is 15.2 Å². The number of benzene rings is 1. The molecule has 0 aliphatic rings. The summed E-state index contributed by atoms with van der Waals surface area (Å²) in [5, 5.41) is 27.0. The zero-order valence-corrected chi connectivity index (χ0v) is 8.10. The topological polar surface area (TPSA) is 77.8 Å². The Morgan fingerprint density at radius 3 is 2.60 bits per heavy atom. The molecule has 0 atom stereocenters. The van der Waals surface area contributed by atoms with Gasteiger partial charge in [0.15, 0.2) is 0 Å². The van der Waals surface area contributed by atoms with Crippen LogP contribution >= 0.6 is 0 Å². The summed E-state index contributed by atoms with van der Waals surface area (Å²) in [5.74, 6) is -1.08. The van der Waals surface area contributed by atoms with Crippen LogP contribution in [-0.2, 0) is 6.61 Å². The molecule has 4 nitrogen and oxygen atoms in total. The molecule has 0 spiro atoms. The van der Waals surface area contributed by atoms with Gasteiger partial charge in [0.1, 0.15) is 0 Å². The maximum atomic E-state index is 10.9. The second-order valence-corrected chi connectivity index (χ2v) is 2.99. The molecular weight excluding hydrogens is 195 g/mol. The first-order valence-corrected chi connectivity index (χ1v) is 4.37.